The van der Waals surface area contributed by atoms with E-state index >= 15 is 0 Å². The van der Waals surface area contributed by atoms with E-state index in [4.69, 9.17) is 0 Å². The average molecular weight is 236 g/mol. The number of rotatable bonds is 2. The number of nitrogens with zero attached hydrogens (tertiary/aromatic N) is 1. The van der Waals surface area contributed by atoms with Crippen LogP contribution >= 0.6 is 0 Å². The Hall–Kier alpha value is -1.95. The molecule has 0 spiro atoms. The van der Waals surface area contributed by atoms with Crippen molar-refractivity contribution >= 4 is 17.6 Å². The fourth-order valence-electron chi connectivity index (χ4n) is 1.46. The number of amides is 2. The number of aromatic nitrogens is 1. The van der Waals surface area contributed by atoms with Gasteiger partial charge in [0.05, 0.1) is 0 Å². The Morgan fingerprint density at radius 1 is 1.41 bits per heavy atom. The lowest BCUT2D eigenvalue weighted by Gasteiger charge is -2.21. The highest BCUT2D eigenvalue weighted by Gasteiger charge is 2.26. The summed E-state index contributed by atoms with van der Waals surface area (Å²) in [4.78, 5) is 26.3. The number of anilines is 1. The highest BCUT2D eigenvalue weighted by molar-refractivity contribution is 6.01. The van der Waals surface area contributed by atoms with Gasteiger partial charge in [-0.05, 0) is 25.6 Å². The van der Waals surface area contributed by atoms with Crippen molar-refractivity contribution in [1.82, 2.24) is 10.3 Å². The third-order valence-electron chi connectivity index (χ3n) is 2.23. The molecule has 92 valence electrons. The van der Waals surface area contributed by atoms with Crippen LogP contribution in [0.25, 0.3) is 0 Å². The molecule has 1 saturated heterocycles. The van der Waals surface area contributed by atoms with Crippen LogP contribution in [0.15, 0.2) is 24.4 Å². The number of imide groups is 1. The molecule has 2 heterocycles. The van der Waals surface area contributed by atoms with Gasteiger partial charge >= 0.3 is 0 Å². The smallest absolute Gasteiger partial charge is 0.249 e. The van der Waals surface area contributed by atoms with Crippen LogP contribution in [-0.4, -0.2) is 29.9 Å². The van der Waals surface area contributed by atoms with Gasteiger partial charge in [-0.3, -0.25) is 14.9 Å². The molecule has 1 atom stereocenters. The first-order valence-corrected chi connectivity index (χ1v) is 5.35. The first kappa shape index (κ1) is 13.1. The molecular weight excluding hydrogens is 220 g/mol. The lowest BCUT2D eigenvalue weighted by molar-refractivity contribution is -0.133. The van der Waals surface area contributed by atoms with Crippen LogP contribution in [0.3, 0.4) is 0 Å². The number of hydrogen-bond donors (Lipinski definition) is 3. The summed E-state index contributed by atoms with van der Waals surface area (Å²) in [6, 6.07) is 5.05. The van der Waals surface area contributed by atoms with E-state index < -0.39 is 0 Å². The topological polar surface area (TPSA) is 97.1 Å². The molecule has 2 amide bonds. The van der Waals surface area contributed by atoms with Gasteiger partial charge < -0.3 is 11.1 Å². The lowest BCUT2D eigenvalue weighted by Crippen LogP contribution is -2.47. The Morgan fingerprint density at radius 3 is 2.76 bits per heavy atom. The monoisotopic (exact) mass is 236 g/mol. The predicted molar refractivity (Wildman–Crippen MR) is 64.1 cm³/mol. The summed E-state index contributed by atoms with van der Waals surface area (Å²) in [5, 5.41) is 5.26. The van der Waals surface area contributed by atoms with Gasteiger partial charge in [-0.2, -0.15) is 0 Å². The summed E-state index contributed by atoms with van der Waals surface area (Å²) >= 11 is 0. The van der Waals surface area contributed by atoms with Crippen molar-refractivity contribution < 1.29 is 9.59 Å². The number of hydrogen-bond acceptors (Lipinski definition) is 5. The third-order valence-corrected chi connectivity index (χ3v) is 2.23. The Balaban J connectivity index is 0.000000686. The summed E-state index contributed by atoms with van der Waals surface area (Å²) in [5.74, 6) is 0.156. The summed E-state index contributed by atoms with van der Waals surface area (Å²) < 4.78 is 0. The Morgan fingerprint density at radius 2 is 2.18 bits per heavy atom. The maximum atomic E-state index is 11.4. The van der Waals surface area contributed by atoms with Gasteiger partial charge in [-0.25, -0.2) is 4.98 Å². The molecule has 2 rings (SSSR count). The van der Waals surface area contributed by atoms with Crippen molar-refractivity contribution in [2.45, 2.75) is 18.9 Å². The minimum Gasteiger partial charge on any atom is -0.358 e. The van der Waals surface area contributed by atoms with Crippen molar-refractivity contribution in [2.24, 2.45) is 5.73 Å². The fraction of sp³-hybridized carbons (Fsp3) is 0.364. The lowest BCUT2D eigenvalue weighted by atomic mass is 10.1. The van der Waals surface area contributed by atoms with Gasteiger partial charge in [0.2, 0.25) is 11.8 Å². The molecule has 0 aromatic carbocycles. The Bertz CT molecular complexity index is 380. The van der Waals surface area contributed by atoms with Crippen LogP contribution in [0.4, 0.5) is 5.82 Å². The van der Waals surface area contributed by atoms with Crippen molar-refractivity contribution in [3.05, 3.63) is 24.4 Å². The van der Waals surface area contributed by atoms with Gasteiger partial charge in [0.1, 0.15) is 11.9 Å². The number of nitrogens with two attached hydrogens (primary N) is 1. The predicted octanol–water partition coefficient (Wildman–Crippen LogP) is -0.126. The average Bonchev–Trinajstić information content (AvgIpc) is 2.37. The van der Waals surface area contributed by atoms with E-state index in [0.29, 0.717) is 18.7 Å². The van der Waals surface area contributed by atoms with Gasteiger partial charge in [0.15, 0.2) is 0 Å². The number of carbonyl (C=O) groups is 2. The molecule has 1 aliphatic heterocycles. The van der Waals surface area contributed by atoms with Crippen LogP contribution in [-0.2, 0) is 9.59 Å². The third kappa shape index (κ3) is 3.84. The standard InChI is InChI=1S/C10H11N3O2.CH5N/c14-9-5-4-7(10(15)13-9)12-8-3-1-2-6-11-8;1-2/h1-3,6-7H,4-5H2,(H,11,12)(H,13,14,15);2H2,1H3. The Labute approximate surface area is 99.6 Å². The minimum atomic E-state index is -0.363. The summed E-state index contributed by atoms with van der Waals surface area (Å²) in [6.07, 6.45) is 2.53. The van der Waals surface area contributed by atoms with E-state index in [1.807, 2.05) is 6.07 Å². The molecule has 17 heavy (non-hydrogen) atoms. The van der Waals surface area contributed by atoms with E-state index in [1.54, 1.807) is 18.3 Å². The second-order valence-corrected chi connectivity index (χ2v) is 3.36. The quantitative estimate of drug-likeness (QED) is 0.622. The zero-order chi connectivity index (χ0) is 12.7. The molecule has 0 saturated carbocycles. The molecule has 1 aromatic heterocycles. The van der Waals surface area contributed by atoms with Gasteiger partial charge in [0, 0.05) is 12.6 Å². The molecule has 1 fully saturated rings. The molecule has 1 aromatic rings. The molecule has 0 radical (unpaired) electrons. The van der Waals surface area contributed by atoms with E-state index in [9.17, 15) is 9.59 Å². The zero-order valence-electron chi connectivity index (χ0n) is 9.64. The van der Waals surface area contributed by atoms with Crippen LogP contribution < -0.4 is 16.4 Å². The van der Waals surface area contributed by atoms with Crippen molar-refractivity contribution in [1.29, 1.82) is 0 Å². The molecule has 4 N–H and O–H groups in total. The number of nitrogens with one attached hydrogen (secondary N) is 2. The highest BCUT2D eigenvalue weighted by atomic mass is 16.2. The van der Waals surface area contributed by atoms with Crippen molar-refractivity contribution in [3.8, 4) is 0 Å². The van der Waals surface area contributed by atoms with Crippen LogP contribution in [0, 0.1) is 0 Å². The van der Waals surface area contributed by atoms with Gasteiger partial charge in [-0.1, -0.05) is 6.07 Å². The second kappa shape index (κ2) is 6.59. The number of pyridine rings is 1. The first-order chi connectivity index (χ1) is 8.25. The molecule has 6 heteroatoms. The van der Waals surface area contributed by atoms with Crippen LogP contribution in [0.2, 0.25) is 0 Å². The first-order valence-electron chi connectivity index (χ1n) is 5.35. The fourth-order valence-corrected chi connectivity index (χ4v) is 1.46. The van der Waals surface area contributed by atoms with E-state index in [1.165, 1.54) is 7.05 Å². The maximum Gasteiger partial charge on any atom is 0.249 e. The van der Waals surface area contributed by atoms with Crippen molar-refractivity contribution in [2.75, 3.05) is 12.4 Å². The minimum absolute atomic E-state index is 0.209. The van der Waals surface area contributed by atoms with Crippen LogP contribution in [0.1, 0.15) is 12.8 Å². The summed E-state index contributed by atoms with van der Waals surface area (Å²) in [7, 11) is 1.50. The normalized spacial score (nSPS) is 18.8. The van der Waals surface area contributed by atoms with E-state index in [-0.39, 0.29) is 17.9 Å². The van der Waals surface area contributed by atoms with Crippen molar-refractivity contribution in [3.63, 3.8) is 0 Å². The SMILES string of the molecule is CN.O=C1CCC(Nc2ccccn2)C(=O)N1. The molecule has 1 unspecified atom stereocenters. The molecular formula is C11H16N4O2. The molecule has 0 bridgehead atoms. The molecule has 0 aliphatic carbocycles. The molecule has 1 aliphatic rings. The highest BCUT2D eigenvalue weighted by Crippen LogP contribution is 2.10. The largest absolute Gasteiger partial charge is 0.358 e. The maximum absolute atomic E-state index is 11.4. The summed E-state index contributed by atoms with van der Waals surface area (Å²) in [5.41, 5.74) is 4.50. The van der Waals surface area contributed by atoms with Gasteiger partial charge in [-0.15, -0.1) is 0 Å². The summed E-state index contributed by atoms with van der Waals surface area (Å²) in [6.45, 7) is 0. The molecule has 6 nitrogen and oxygen atoms in total. The van der Waals surface area contributed by atoms with E-state index in [2.05, 4.69) is 21.4 Å². The van der Waals surface area contributed by atoms with E-state index in [0.717, 1.165) is 0 Å². The Kier molecular flexibility index (Phi) is 5.09. The zero-order valence-corrected chi connectivity index (χ0v) is 9.64. The second-order valence-electron chi connectivity index (χ2n) is 3.36. The van der Waals surface area contributed by atoms with Crippen LogP contribution in [0.5, 0.6) is 0 Å². The van der Waals surface area contributed by atoms with Gasteiger partial charge in [0.25, 0.3) is 0 Å². The number of piperidine rings is 1. The number of carbonyl (C=O) groups excluding carboxylic acids is 2.